The number of nitrogens with zero attached hydrogens (tertiary/aromatic N) is 2. The summed E-state index contributed by atoms with van der Waals surface area (Å²) >= 11 is 0. The summed E-state index contributed by atoms with van der Waals surface area (Å²) in [6.07, 6.45) is 2.04. The predicted molar refractivity (Wildman–Crippen MR) is 153 cm³/mol. The lowest BCUT2D eigenvalue weighted by Crippen LogP contribution is -2.43. The largest absolute Gasteiger partial charge is 0.464 e. The van der Waals surface area contributed by atoms with Crippen LogP contribution in [0.5, 0.6) is 0 Å². The summed E-state index contributed by atoms with van der Waals surface area (Å²) in [5, 5.41) is 2.19. The Morgan fingerprint density at radius 1 is 0.800 bits per heavy atom. The summed E-state index contributed by atoms with van der Waals surface area (Å²) in [6, 6.07) is 26.0. The Balaban J connectivity index is 1.45. The number of carbonyl (C=O) groups excluding carboxylic acids is 2. The third-order valence-electron chi connectivity index (χ3n) is 6.88. The van der Waals surface area contributed by atoms with E-state index in [1.165, 1.54) is 23.3 Å². The van der Waals surface area contributed by atoms with E-state index in [4.69, 9.17) is 4.42 Å². The van der Waals surface area contributed by atoms with Gasteiger partial charge < -0.3 is 14.2 Å². The molecule has 4 aromatic carbocycles. The molecule has 5 aromatic rings. The normalized spacial score (nSPS) is 11.1. The van der Waals surface area contributed by atoms with E-state index < -0.39 is 0 Å². The van der Waals surface area contributed by atoms with Crippen LogP contribution >= 0.6 is 0 Å². The van der Waals surface area contributed by atoms with Crippen molar-refractivity contribution in [2.75, 3.05) is 13.1 Å². The first kappa shape index (κ1) is 26.8. The van der Waals surface area contributed by atoms with Gasteiger partial charge in [-0.1, -0.05) is 67.6 Å². The molecule has 0 aliphatic heterocycles. The number of rotatable bonds is 9. The van der Waals surface area contributed by atoms with E-state index in [1.54, 1.807) is 47.4 Å². The van der Waals surface area contributed by atoms with Crippen molar-refractivity contribution >= 4 is 33.6 Å². The fourth-order valence-corrected chi connectivity index (χ4v) is 4.84. The van der Waals surface area contributed by atoms with E-state index >= 15 is 0 Å². The van der Waals surface area contributed by atoms with Gasteiger partial charge in [0.15, 0.2) is 5.43 Å². The molecule has 0 saturated carbocycles. The molecule has 0 radical (unpaired) electrons. The van der Waals surface area contributed by atoms with Crippen LogP contribution in [0.1, 0.15) is 34.8 Å². The molecule has 6 nitrogen and oxygen atoms in total. The molecule has 0 saturated heterocycles. The van der Waals surface area contributed by atoms with Crippen molar-refractivity contribution in [2.45, 2.75) is 26.4 Å². The second kappa shape index (κ2) is 11.9. The molecule has 2 amide bonds. The van der Waals surface area contributed by atoms with Crippen LogP contribution < -0.4 is 5.43 Å². The zero-order valence-corrected chi connectivity index (χ0v) is 22.2. The van der Waals surface area contributed by atoms with Crippen LogP contribution in [0.25, 0.3) is 21.7 Å². The average Bonchev–Trinajstić information content (AvgIpc) is 2.98. The number of benzene rings is 4. The van der Waals surface area contributed by atoms with Crippen molar-refractivity contribution in [3.63, 3.8) is 0 Å². The van der Waals surface area contributed by atoms with Crippen molar-refractivity contribution in [1.82, 2.24) is 9.80 Å². The fraction of sp³-hybridized carbons (Fsp3) is 0.182. The third kappa shape index (κ3) is 5.78. The van der Waals surface area contributed by atoms with Gasteiger partial charge in [-0.05, 0) is 53.1 Å². The molecule has 40 heavy (non-hydrogen) atoms. The first-order chi connectivity index (χ1) is 19.4. The number of amides is 2. The molecule has 202 valence electrons. The van der Waals surface area contributed by atoms with E-state index in [0.29, 0.717) is 40.6 Å². The van der Waals surface area contributed by atoms with Gasteiger partial charge in [-0.3, -0.25) is 14.4 Å². The summed E-state index contributed by atoms with van der Waals surface area (Å²) in [4.78, 5) is 43.8. The summed E-state index contributed by atoms with van der Waals surface area (Å²) in [7, 11) is 0. The van der Waals surface area contributed by atoms with Gasteiger partial charge >= 0.3 is 0 Å². The molecule has 0 atom stereocenters. The van der Waals surface area contributed by atoms with Crippen molar-refractivity contribution in [3.05, 3.63) is 130 Å². The zero-order valence-electron chi connectivity index (χ0n) is 22.2. The van der Waals surface area contributed by atoms with E-state index in [2.05, 4.69) is 0 Å². The fourth-order valence-electron chi connectivity index (χ4n) is 4.84. The second-order valence-corrected chi connectivity index (χ2v) is 9.72. The number of fused-ring (bicyclic) bond motifs is 2. The van der Waals surface area contributed by atoms with Crippen LogP contribution in [0, 0.1) is 5.82 Å². The van der Waals surface area contributed by atoms with Crippen LogP contribution in [0.3, 0.4) is 0 Å². The first-order valence-corrected chi connectivity index (χ1v) is 13.2. The Morgan fingerprint density at radius 2 is 1.50 bits per heavy atom. The number of hydrogen-bond donors (Lipinski definition) is 0. The highest BCUT2D eigenvalue weighted by atomic mass is 19.1. The summed E-state index contributed by atoms with van der Waals surface area (Å²) in [5.74, 6) is -0.954. The standard InChI is InChI=1S/C33H29FN2O4/c1-2-18-35(33(39)28-12-7-9-24-8-3-4-10-27(24)28)21-31(37)36(19-23-14-16-26(34)17-15-23)20-25-22-40-30-13-6-5-11-29(30)32(25)38/h3-17,22H,2,18-21H2,1H3. The minimum absolute atomic E-state index is 0.0220. The Labute approximate surface area is 231 Å². The van der Waals surface area contributed by atoms with Crippen molar-refractivity contribution < 1.29 is 18.4 Å². The summed E-state index contributed by atoms with van der Waals surface area (Å²) in [5.41, 5.74) is 1.78. The van der Waals surface area contributed by atoms with E-state index in [1.807, 2.05) is 43.3 Å². The lowest BCUT2D eigenvalue weighted by molar-refractivity contribution is -0.133. The van der Waals surface area contributed by atoms with E-state index in [9.17, 15) is 18.8 Å². The molecule has 1 aromatic heterocycles. The summed E-state index contributed by atoms with van der Waals surface area (Å²) < 4.78 is 19.2. The highest BCUT2D eigenvalue weighted by Gasteiger charge is 2.24. The molecule has 0 aliphatic carbocycles. The predicted octanol–water partition coefficient (Wildman–Crippen LogP) is 6.17. The topological polar surface area (TPSA) is 70.8 Å². The minimum Gasteiger partial charge on any atom is -0.464 e. The van der Waals surface area contributed by atoms with Gasteiger partial charge in [-0.2, -0.15) is 0 Å². The van der Waals surface area contributed by atoms with Crippen LogP contribution in [-0.2, 0) is 17.9 Å². The van der Waals surface area contributed by atoms with Crippen LogP contribution in [0.15, 0.2) is 106 Å². The number of para-hydroxylation sites is 1. The van der Waals surface area contributed by atoms with Gasteiger partial charge in [0.05, 0.1) is 23.8 Å². The van der Waals surface area contributed by atoms with Crippen molar-refractivity contribution in [3.8, 4) is 0 Å². The van der Waals surface area contributed by atoms with Crippen LogP contribution in [-0.4, -0.2) is 34.7 Å². The molecule has 0 N–H and O–H groups in total. The number of carbonyl (C=O) groups is 2. The van der Waals surface area contributed by atoms with E-state index in [0.717, 1.165) is 10.8 Å². The molecule has 0 aliphatic rings. The van der Waals surface area contributed by atoms with Gasteiger partial charge in [0.2, 0.25) is 5.91 Å². The maximum absolute atomic E-state index is 13.8. The van der Waals surface area contributed by atoms with E-state index in [-0.39, 0.29) is 42.7 Å². The van der Waals surface area contributed by atoms with Crippen molar-refractivity contribution in [2.24, 2.45) is 0 Å². The zero-order chi connectivity index (χ0) is 28.1. The molecule has 0 spiro atoms. The highest BCUT2D eigenvalue weighted by molar-refractivity contribution is 6.07. The SMILES string of the molecule is CCCN(CC(=O)N(Cc1ccc(F)cc1)Cc1coc2ccccc2c1=O)C(=O)c1cccc2ccccc12. The number of hydrogen-bond acceptors (Lipinski definition) is 4. The lowest BCUT2D eigenvalue weighted by atomic mass is 10.0. The maximum atomic E-state index is 13.8. The Hall–Kier alpha value is -4.78. The van der Waals surface area contributed by atoms with Gasteiger partial charge in [-0.15, -0.1) is 0 Å². The Morgan fingerprint density at radius 3 is 2.27 bits per heavy atom. The van der Waals surface area contributed by atoms with Crippen molar-refractivity contribution in [1.29, 1.82) is 0 Å². The molecule has 0 unspecified atom stereocenters. The van der Waals surface area contributed by atoms with Crippen LogP contribution in [0.4, 0.5) is 4.39 Å². The first-order valence-electron chi connectivity index (χ1n) is 13.2. The average molecular weight is 537 g/mol. The molecule has 5 rings (SSSR count). The molecular weight excluding hydrogens is 507 g/mol. The molecule has 0 bridgehead atoms. The second-order valence-electron chi connectivity index (χ2n) is 9.72. The van der Waals surface area contributed by atoms with Gasteiger partial charge in [-0.25, -0.2) is 4.39 Å². The Kier molecular flexibility index (Phi) is 8.01. The van der Waals surface area contributed by atoms with Gasteiger partial charge in [0.1, 0.15) is 17.9 Å². The smallest absolute Gasteiger partial charge is 0.254 e. The lowest BCUT2D eigenvalue weighted by Gasteiger charge is -2.28. The Bertz CT molecular complexity index is 1720. The van der Waals surface area contributed by atoms with Gasteiger partial charge in [0, 0.05) is 18.7 Å². The van der Waals surface area contributed by atoms with Gasteiger partial charge in [0.25, 0.3) is 5.91 Å². The summed E-state index contributed by atoms with van der Waals surface area (Å²) in [6.45, 7) is 2.27. The maximum Gasteiger partial charge on any atom is 0.254 e. The molecular formula is C33H29FN2O4. The minimum atomic E-state index is -0.383. The monoisotopic (exact) mass is 536 g/mol. The quantitative estimate of drug-likeness (QED) is 0.226. The van der Waals surface area contributed by atoms with Crippen LogP contribution in [0.2, 0.25) is 0 Å². The molecule has 0 fully saturated rings. The molecule has 7 heteroatoms. The third-order valence-corrected chi connectivity index (χ3v) is 6.88. The number of halogens is 1. The highest BCUT2D eigenvalue weighted by Crippen LogP contribution is 2.21. The molecule has 1 heterocycles.